The van der Waals surface area contributed by atoms with Gasteiger partial charge in [0.15, 0.2) is 0 Å². The standard InChI is InChI=1S/C12H22O2/c1-10(2)7-8-11(3)9-13-14-12(4,5)6/h1,3,7-9H2,2,4-6H3. The van der Waals surface area contributed by atoms with Crippen LogP contribution in [0.3, 0.4) is 0 Å². The molecule has 0 radical (unpaired) electrons. The van der Waals surface area contributed by atoms with Gasteiger partial charge in [-0.15, -0.1) is 6.58 Å². The molecule has 0 aliphatic heterocycles. The average Bonchev–Trinajstić information content (AvgIpc) is 1.98. The Labute approximate surface area is 87.5 Å². The molecule has 0 aromatic rings. The number of rotatable bonds is 6. The third kappa shape index (κ3) is 9.49. The van der Waals surface area contributed by atoms with Crippen molar-refractivity contribution in [1.82, 2.24) is 0 Å². The van der Waals surface area contributed by atoms with E-state index < -0.39 is 0 Å². The fourth-order valence-electron chi connectivity index (χ4n) is 0.752. The highest BCUT2D eigenvalue weighted by Gasteiger charge is 2.11. The molecule has 0 fully saturated rings. The summed E-state index contributed by atoms with van der Waals surface area (Å²) in [6, 6.07) is 0. The maximum absolute atomic E-state index is 5.12. The minimum Gasteiger partial charge on any atom is -0.232 e. The molecule has 0 aliphatic rings. The van der Waals surface area contributed by atoms with Crippen molar-refractivity contribution in [2.75, 3.05) is 6.61 Å². The van der Waals surface area contributed by atoms with Crippen LogP contribution in [0.4, 0.5) is 0 Å². The zero-order valence-electron chi connectivity index (χ0n) is 9.85. The molecule has 0 atom stereocenters. The molecule has 0 spiro atoms. The van der Waals surface area contributed by atoms with E-state index in [1.165, 1.54) is 5.57 Å². The first kappa shape index (κ1) is 13.4. The summed E-state index contributed by atoms with van der Waals surface area (Å²) >= 11 is 0. The van der Waals surface area contributed by atoms with Crippen LogP contribution in [-0.4, -0.2) is 12.2 Å². The molecule has 14 heavy (non-hydrogen) atoms. The first-order chi connectivity index (χ1) is 6.31. The van der Waals surface area contributed by atoms with E-state index in [4.69, 9.17) is 9.78 Å². The van der Waals surface area contributed by atoms with Gasteiger partial charge in [0.2, 0.25) is 0 Å². The predicted molar refractivity (Wildman–Crippen MR) is 60.0 cm³/mol. The first-order valence-electron chi connectivity index (χ1n) is 4.93. The predicted octanol–water partition coefficient (Wildman–Crippen LogP) is 3.65. The molecule has 0 bridgehead atoms. The van der Waals surface area contributed by atoms with Crippen molar-refractivity contribution in [1.29, 1.82) is 0 Å². The highest BCUT2D eigenvalue weighted by Crippen LogP contribution is 2.11. The Morgan fingerprint density at radius 1 is 1.14 bits per heavy atom. The van der Waals surface area contributed by atoms with Crippen LogP contribution in [0.15, 0.2) is 24.3 Å². The van der Waals surface area contributed by atoms with Crippen LogP contribution in [0.1, 0.15) is 40.5 Å². The molecule has 2 heteroatoms. The average molecular weight is 198 g/mol. The van der Waals surface area contributed by atoms with Gasteiger partial charge >= 0.3 is 0 Å². The fourth-order valence-corrected chi connectivity index (χ4v) is 0.752. The molecule has 0 aliphatic carbocycles. The van der Waals surface area contributed by atoms with Crippen LogP contribution < -0.4 is 0 Å². The van der Waals surface area contributed by atoms with E-state index in [0.29, 0.717) is 6.61 Å². The largest absolute Gasteiger partial charge is 0.232 e. The highest BCUT2D eigenvalue weighted by atomic mass is 17.2. The molecule has 0 saturated heterocycles. The molecule has 0 saturated carbocycles. The van der Waals surface area contributed by atoms with Crippen molar-refractivity contribution in [2.45, 2.75) is 46.1 Å². The molecule has 0 aromatic heterocycles. The summed E-state index contributed by atoms with van der Waals surface area (Å²) in [7, 11) is 0. The second kappa shape index (κ2) is 5.99. The van der Waals surface area contributed by atoms with Gasteiger partial charge in [0.1, 0.15) is 6.61 Å². The van der Waals surface area contributed by atoms with E-state index in [1.54, 1.807) is 0 Å². The van der Waals surface area contributed by atoms with Gasteiger partial charge in [0, 0.05) is 0 Å². The molecule has 0 N–H and O–H groups in total. The van der Waals surface area contributed by atoms with Crippen LogP contribution in [-0.2, 0) is 9.78 Å². The third-order valence-corrected chi connectivity index (χ3v) is 1.48. The van der Waals surface area contributed by atoms with Crippen molar-refractivity contribution in [3.05, 3.63) is 24.3 Å². The van der Waals surface area contributed by atoms with E-state index in [1.807, 2.05) is 27.7 Å². The molecule has 0 heterocycles. The second-order valence-electron chi connectivity index (χ2n) is 4.67. The quantitative estimate of drug-likeness (QED) is 0.368. The van der Waals surface area contributed by atoms with Crippen LogP contribution >= 0.6 is 0 Å². The van der Waals surface area contributed by atoms with Crippen LogP contribution in [0.25, 0.3) is 0 Å². The Morgan fingerprint density at radius 2 is 1.71 bits per heavy atom. The Bertz CT molecular complexity index is 199. The number of allylic oxidation sites excluding steroid dienone is 1. The lowest BCUT2D eigenvalue weighted by Crippen LogP contribution is -2.20. The summed E-state index contributed by atoms with van der Waals surface area (Å²) in [6.07, 6.45) is 1.89. The van der Waals surface area contributed by atoms with E-state index >= 15 is 0 Å². The van der Waals surface area contributed by atoms with Gasteiger partial charge < -0.3 is 0 Å². The summed E-state index contributed by atoms with van der Waals surface area (Å²) < 4.78 is 0. The lowest BCUT2D eigenvalue weighted by molar-refractivity contribution is -0.343. The fraction of sp³-hybridized carbons (Fsp3) is 0.667. The maximum Gasteiger partial charge on any atom is 0.103 e. The van der Waals surface area contributed by atoms with E-state index in [-0.39, 0.29) is 5.60 Å². The lowest BCUT2D eigenvalue weighted by atomic mass is 10.1. The molecule has 0 unspecified atom stereocenters. The SMILES string of the molecule is C=C(C)CCC(=C)COOC(C)(C)C. The number of hydrogen-bond acceptors (Lipinski definition) is 2. The van der Waals surface area contributed by atoms with Crippen molar-refractivity contribution in [3.8, 4) is 0 Å². The van der Waals surface area contributed by atoms with E-state index in [0.717, 1.165) is 18.4 Å². The van der Waals surface area contributed by atoms with Gasteiger partial charge in [-0.2, -0.15) is 0 Å². The summed E-state index contributed by atoms with van der Waals surface area (Å²) in [4.78, 5) is 10.2. The monoisotopic (exact) mass is 198 g/mol. The second-order valence-corrected chi connectivity index (χ2v) is 4.67. The molecular formula is C12H22O2. The number of hydrogen-bond donors (Lipinski definition) is 0. The van der Waals surface area contributed by atoms with Crippen LogP contribution in [0.2, 0.25) is 0 Å². The molecule has 2 nitrogen and oxygen atoms in total. The molecule has 0 amide bonds. The summed E-state index contributed by atoms with van der Waals surface area (Å²) in [5, 5.41) is 0. The van der Waals surface area contributed by atoms with E-state index in [9.17, 15) is 0 Å². The van der Waals surface area contributed by atoms with Gasteiger partial charge in [-0.1, -0.05) is 12.2 Å². The first-order valence-corrected chi connectivity index (χ1v) is 4.93. The van der Waals surface area contributed by atoms with Crippen molar-refractivity contribution < 1.29 is 9.78 Å². The lowest BCUT2D eigenvalue weighted by Gasteiger charge is -2.17. The minimum atomic E-state index is -0.255. The smallest absolute Gasteiger partial charge is 0.103 e. The molecule has 82 valence electrons. The molecule has 0 aromatic carbocycles. The minimum absolute atomic E-state index is 0.255. The summed E-state index contributed by atoms with van der Waals surface area (Å²) in [5.74, 6) is 0. The van der Waals surface area contributed by atoms with Gasteiger partial charge in [-0.3, -0.25) is 0 Å². The van der Waals surface area contributed by atoms with Crippen molar-refractivity contribution >= 4 is 0 Å². The van der Waals surface area contributed by atoms with Gasteiger partial charge in [0.25, 0.3) is 0 Å². The normalized spacial score (nSPS) is 11.4. The summed E-state index contributed by atoms with van der Waals surface area (Å²) in [6.45, 7) is 16.1. The summed E-state index contributed by atoms with van der Waals surface area (Å²) in [5.41, 5.74) is 1.95. The zero-order valence-corrected chi connectivity index (χ0v) is 9.85. The Hall–Kier alpha value is -0.600. The van der Waals surface area contributed by atoms with E-state index in [2.05, 4.69) is 13.2 Å². The molecular weight excluding hydrogens is 176 g/mol. The van der Waals surface area contributed by atoms with Crippen molar-refractivity contribution in [3.63, 3.8) is 0 Å². The third-order valence-electron chi connectivity index (χ3n) is 1.48. The topological polar surface area (TPSA) is 18.5 Å². The highest BCUT2D eigenvalue weighted by molar-refractivity contribution is 4.99. The Morgan fingerprint density at radius 3 is 2.14 bits per heavy atom. The van der Waals surface area contributed by atoms with Crippen LogP contribution in [0.5, 0.6) is 0 Å². The van der Waals surface area contributed by atoms with Gasteiger partial charge in [0.05, 0.1) is 5.60 Å². The van der Waals surface area contributed by atoms with Crippen LogP contribution in [0, 0.1) is 0 Å². The molecule has 0 rings (SSSR count). The van der Waals surface area contributed by atoms with Crippen molar-refractivity contribution in [2.24, 2.45) is 0 Å². The maximum atomic E-state index is 5.12. The zero-order chi connectivity index (χ0) is 11.2. The Balaban J connectivity index is 3.50. The van der Waals surface area contributed by atoms with Gasteiger partial charge in [-0.05, 0) is 46.1 Å². The van der Waals surface area contributed by atoms with Gasteiger partial charge in [-0.25, -0.2) is 9.78 Å². The Kier molecular flexibility index (Phi) is 5.73.